The number of hydrogen-bond acceptors (Lipinski definition) is 8. The van der Waals surface area contributed by atoms with Gasteiger partial charge in [-0.2, -0.15) is 8.42 Å². The summed E-state index contributed by atoms with van der Waals surface area (Å²) >= 11 is 0. The summed E-state index contributed by atoms with van der Waals surface area (Å²) in [4.78, 5) is 11.9. The summed E-state index contributed by atoms with van der Waals surface area (Å²) in [5, 5.41) is -0.836. The second kappa shape index (κ2) is 8.64. The molecule has 0 unspecified atom stereocenters. The molecular formula is C22H24FN5O5S2. The Morgan fingerprint density at radius 3 is 2.31 bits per heavy atom. The lowest BCUT2D eigenvalue weighted by Crippen LogP contribution is -2.23. The molecule has 13 heteroatoms. The average molecular weight is 522 g/mol. The molecule has 0 aliphatic heterocycles. The standard InChI is InChI=1S/C22H24FN5O5S2/c1-5-18-25-19(13-6-8-15(23)9-7-13)20(26-18)14-10-16-21(17(11-14)33-34(4,29)30)27-22(24)28(16)35(31,32)12(2)3/h6-12H,5H2,1-4H3,(H2,24,27)(H,25,26). The topological polar surface area (TPSA) is 150 Å². The zero-order chi connectivity index (χ0) is 25.7. The van der Waals surface area contributed by atoms with Crippen LogP contribution in [0.15, 0.2) is 36.4 Å². The first-order valence-electron chi connectivity index (χ1n) is 10.6. The highest BCUT2D eigenvalue weighted by atomic mass is 32.2. The number of fused-ring (bicyclic) bond motifs is 1. The zero-order valence-corrected chi connectivity index (χ0v) is 21.0. The third-order valence-electron chi connectivity index (χ3n) is 5.29. The van der Waals surface area contributed by atoms with Crippen LogP contribution in [0.4, 0.5) is 10.3 Å². The number of benzene rings is 2. The Morgan fingerprint density at radius 1 is 1.09 bits per heavy atom. The molecule has 0 radical (unpaired) electrons. The Labute approximate surface area is 202 Å². The van der Waals surface area contributed by atoms with Crippen LogP contribution in [0, 0.1) is 5.82 Å². The Balaban J connectivity index is 2.07. The number of nitrogens with two attached hydrogens (primary N) is 1. The van der Waals surface area contributed by atoms with E-state index in [4.69, 9.17) is 9.92 Å². The average Bonchev–Trinajstić information content (AvgIpc) is 3.34. The summed E-state index contributed by atoms with van der Waals surface area (Å²) in [6.45, 7) is 4.88. The van der Waals surface area contributed by atoms with Crippen molar-refractivity contribution >= 4 is 37.1 Å². The maximum absolute atomic E-state index is 13.5. The van der Waals surface area contributed by atoms with Gasteiger partial charge in [0.15, 0.2) is 5.75 Å². The van der Waals surface area contributed by atoms with Crippen molar-refractivity contribution in [2.24, 2.45) is 0 Å². The number of halogens is 1. The lowest BCUT2D eigenvalue weighted by molar-refractivity contribution is 0.495. The summed E-state index contributed by atoms with van der Waals surface area (Å²) in [5.74, 6) is -0.323. The van der Waals surface area contributed by atoms with E-state index in [0.29, 0.717) is 34.8 Å². The molecule has 2 aromatic carbocycles. The molecule has 186 valence electrons. The van der Waals surface area contributed by atoms with Crippen molar-refractivity contribution < 1.29 is 25.4 Å². The minimum Gasteiger partial charge on any atom is -0.380 e. The molecule has 4 rings (SSSR count). The van der Waals surface area contributed by atoms with Crippen LogP contribution in [0.2, 0.25) is 0 Å². The summed E-state index contributed by atoms with van der Waals surface area (Å²) in [6, 6.07) is 8.67. The second-order valence-electron chi connectivity index (χ2n) is 8.23. The quantitative estimate of drug-likeness (QED) is 0.352. The number of rotatable bonds is 7. The Bertz CT molecular complexity index is 1640. The number of nitrogens with one attached hydrogen (secondary N) is 1. The molecule has 0 amide bonds. The molecule has 0 aliphatic carbocycles. The van der Waals surface area contributed by atoms with Gasteiger partial charge in [-0.25, -0.2) is 26.7 Å². The van der Waals surface area contributed by atoms with Crippen molar-refractivity contribution in [1.29, 1.82) is 0 Å². The molecule has 0 bridgehead atoms. The van der Waals surface area contributed by atoms with Gasteiger partial charge >= 0.3 is 10.1 Å². The minimum absolute atomic E-state index is 0.0320. The molecule has 4 aromatic rings. The van der Waals surface area contributed by atoms with Crippen molar-refractivity contribution in [1.82, 2.24) is 18.9 Å². The van der Waals surface area contributed by atoms with Gasteiger partial charge in [-0.3, -0.25) is 0 Å². The van der Waals surface area contributed by atoms with Crippen molar-refractivity contribution in [3.8, 4) is 28.3 Å². The SMILES string of the molecule is CCc1nc(-c2cc(OS(C)(=O)=O)c3nc(N)n(S(=O)(=O)C(C)C)c3c2)c(-c2ccc(F)cc2)[nH]1. The van der Waals surface area contributed by atoms with Gasteiger partial charge in [-0.15, -0.1) is 0 Å². The van der Waals surface area contributed by atoms with Crippen molar-refractivity contribution in [2.45, 2.75) is 32.4 Å². The van der Waals surface area contributed by atoms with Crippen LogP contribution in [0.25, 0.3) is 33.5 Å². The van der Waals surface area contributed by atoms with E-state index in [1.807, 2.05) is 6.92 Å². The van der Waals surface area contributed by atoms with E-state index in [1.165, 1.54) is 38.1 Å². The maximum atomic E-state index is 13.5. The Morgan fingerprint density at radius 2 is 1.74 bits per heavy atom. The number of aromatic amines is 1. The van der Waals surface area contributed by atoms with E-state index in [-0.39, 0.29) is 22.7 Å². The van der Waals surface area contributed by atoms with Gasteiger partial charge < -0.3 is 14.9 Å². The number of nitrogen functional groups attached to an aromatic ring is 1. The summed E-state index contributed by atoms with van der Waals surface area (Å²) in [6.07, 6.45) is 1.42. The zero-order valence-electron chi connectivity index (χ0n) is 19.4. The molecule has 0 spiro atoms. The maximum Gasteiger partial charge on any atom is 0.306 e. The largest absolute Gasteiger partial charge is 0.380 e. The first-order valence-corrected chi connectivity index (χ1v) is 13.9. The molecule has 0 fully saturated rings. The fraction of sp³-hybridized carbons (Fsp3) is 0.273. The molecule has 0 saturated heterocycles. The number of nitrogens with zero attached hydrogens (tertiary/aromatic N) is 3. The highest BCUT2D eigenvalue weighted by Gasteiger charge is 2.28. The van der Waals surface area contributed by atoms with E-state index in [9.17, 15) is 21.2 Å². The van der Waals surface area contributed by atoms with Crippen molar-refractivity contribution in [2.75, 3.05) is 12.0 Å². The molecule has 2 heterocycles. The van der Waals surface area contributed by atoms with Gasteiger partial charge in [0.2, 0.25) is 16.0 Å². The summed E-state index contributed by atoms with van der Waals surface area (Å²) in [5.41, 5.74) is 7.89. The van der Waals surface area contributed by atoms with E-state index < -0.39 is 31.2 Å². The lowest BCUT2D eigenvalue weighted by Gasteiger charge is -2.12. The third kappa shape index (κ3) is 4.60. The highest BCUT2D eigenvalue weighted by molar-refractivity contribution is 7.90. The van der Waals surface area contributed by atoms with Gasteiger partial charge in [0.25, 0.3) is 0 Å². The molecule has 10 nitrogen and oxygen atoms in total. The van der Waals surface area contributed by atoms with Crippen LogP contribution in [-0.2, 0) is 26.6 Å². The smallest absolute Gasteiger partial charge is 0.306 e. The summed E-state index contributed by atoms with van der Waals surface area (Å²) in [7, 11) is -7.96. The lowest BCUT2D eigenvalue weighted by atomic mass is 10.0. The fourth-order valence-corrected chi connectivity index (χ4v) is 5.20. The number of hydrogen-bond donors (Lipinski definition) is 2. The predicted octanol–water partition coefficient (Wildman–Crippen LogP) is 3.30. The molecule has 0 atom stereocenters. The number of H-pyrrole nitrogens is 1. The number of aromatic nitrogens is 4. The van der Waals surface area contributed by atoms with E-state index in [1.54, 1.807) is 12.1 Å². The van der Waals surface area contributed by atoms with E-state index in [0.717, 1.165) is 10.2 Å². The molecular weight excluding hydrogens is 497 g/mol. The summed E-state index contributed by atoms with van der Waals surface area (Å²) < 4.78 is 69.7. The van der Waals surface area contributed by atoms with Gasteiger partial charge in [0.05, 0.1) is 28.4 Å². The molecule has 35 heavy (non-hydrogen) atoms. The van der Waals surface area contributed by atoms with Gasteiger partial charge in [-0.05, 0) is 50.2 Å². The van der Waals surface area contributed by atoms with Crippen LogP contribution in [0.3, 0.4) is 0 Å². The minimum atomic E-state index is -4.00. The molecule has 0 saturated carbocycles. The van der Waals surface area contributed by atoms with E-state index in [2.05, 4.69) is 15.0 Å². The van der Waals surface area contributed by atoms with Crippen LogP contribution in [0.5, 0.6) is 5.75 Å². The van der Waals surface area contributed by atoms with Gasteiger partial charge in [0.1, 0.15) is 17.2 Å². The molecule has 2 aromatic heterocycles. The number of anilines is 1. The van der Waals surface area contributed by atoms with Crippen LogP contribution < -0.4 is 9.92 Å². The number of imidazole rings is 2. The fourth-order valence-electron chi connectivity index (χ4n) is 3.61. The van der Waals surface area contributed by atoms with Crippen molar-refractivity contribution in [3.05, 3.63) is 48.0 Å². The van der Waals surface area contributed by atoms with Crippen LogP contribution in [0.1, 0.15) is 26.6 Å². The van der Waals surface area contributed by atoms with Crippen molar-refractivity contribution in [3.63, 3.8) is 0 Å². The Hall–Kier alpha value is -3.45. The van der Waals surface area contributed by atoms with Gasteiger partial charge in [-0.1, -0.05) is 6.92 Å². The molecule has 3 N–H and O–H groups in total. The highest BCUT2D eigenvalue weighted by Crippen LogP contribution is 2.38. The second-order valence-corrected chi connectivity index (χ2v) is 12.1. The first kappa shape index (κ1) is 24.7. The first-order chi connectivity index (χ1) is 16.3. The molecule has 0 aliphatic rings. The monoisotopic (exact) mass is 521 g/mol. The Kier molecular flexibility index (Phi) is 6.09. The van der Waals surface area contributed by atoms with Gasteiger partial charge in [0, 0.05) is 17.5 Å². The third-order valence-corrected chi connectivity index (χ3v) is 7.86. The van der Waals surface area contributed by atoms with E-state index >= 15 is 0 Å². The van der Waals surface area contributed by atoms with Crippen LogP contribution in [-0.4, -0.2) is 47.3 Å². The predicted molar refractivity (Wildman–Crippen MR) is 131 cm³/mol. The van der Waals surface area contributed by atoms with Crippen LogP contribution >= 0.6 is 0 Å². The normalized spacial score (nSPS) is 12.5. The number of aryl methyl sites for hydroxylation is 1.